The Kier molecular flexibility index (Phi) is 5.51. The van der Waals surface area contributed by atoms with E-state index in [1.807, 2.05) is 6.92 Å². The van der Waals surface area contributed by atoms with Crippen molar-refractivity contribution in [2.24, 2.45) is 23.2 Å². The maximum atomic E-state index is 12.8. The van der Waals surface area contributed by atoms with E-state index in [0.29, 0.717) is 18.1 Å². The van der Waals surface area contributed by atoms with Crippen LogP contribution >= 0.6 is 11.3 Å². The van der Waals surface area contributed by atoms with E-state index in [9.17, 15) is 9.90 Å². The molecule has 7 heteroatoms. The second-order valence-electron chi connectivity index (χ2n) is 8.66. The molecule has 0 saturated heterocycles. The van der Waals surface area contributed by atoms with Crippen LogP contribution in [0.3, 0.4) is 0 Å². The van der Waals surface area contributed by atoms with E-state index in [2.05, 4.69) is 24.9 Å². The quantitative estimate of drug-likeness (QED) is 0.823. The third kappa shape index (κ3) is 3.45. The van der Waals surface area contributed by atoms with E-state index in [1.165, 1.54) is 4.88 Å². The van der Waals surface area contributed by atoms with Crippen molar-refractivity contribution in [3.05, 3.63) is 10.6 Å². The van der Waals surface area contributed by atoms with Gasteiger partial charge in [0.15, 0.2) is 5.13 Å². The van der Waals surface area contributed by atoms with Crippen LogP contribution in [-0.2, 0) is 11.2 Å². The number of nitrogen functional groups attached to an aromatic ring is 1. The fourth-order valence-corrected chi connectivity index (χ4v) is 6.56. The topological polar surface area (TPSA) is 103 Å². The van der Waals surface area contributed by atoms with E-state index >= 15 is 0 Å². The average molecular weight is 391 g/mol. The molecule has 1 saturated carbocycles. The standard InChI is InChI=1S/C20H30N4O2S/c1-11(18(26)24(4)9-5-8-21)13-6-7-20(3)10-14-16(23-19(22)27-14)12(2)15(20)17(13)25/h11-13,15,17,25H,5-7,9-10H2,1-4H3,(H2,22,23)/t11-,12-,13-,15+,17-,20-/m0/s1. The van der Waals surface area contributed by atoms with Crippen LogP contribution in [0.5, 0.6) is 0 Å². The van der Waals surface area contributed by atoms with Crippen molar-refractivity contribution < 1.29 is 9.90 Å². The number of rotatable bonds is 4. The Bertz CT molecular complexity index is 758. The molecule has 148 valence electrons. The number of nitrogens with zero attached hydrogens (tertiary/aromatic N) is 3. The van der Waals surface area contributed by atoms with Gasteiger partial charge in [0.1, 0.15) is 0 Å². The van der Waals surface area contributed by atoms with E-state index in [4.69, 9.17) is 11.0 Å². The van der Waals surface area contributed by atoms with E-state index < -0.39 is 6.10 Å². The minimum atomic E-state index is -0.543. The number of aromatic nitrogens is 1. The molecular formula is C20H30N4O2S. The largest absolute Gasteiger partial charge is 0.392 e. The second kappa shape index (κ2) is 7.40. The smallest absolute Gasteiger partial charge is 0.225 e. The molecule has 3 N–H and O–H groups in total. The van der Waals surface area contributed by atoms with Gasteiger partial charge in [-0.3, -0.25) is 4.79 Å². The molecule has 1 aromatic rings. The fourth-order valence-electron chi connectivity index (χ4n) is 5.42. The summed E-state index contributed by atoms with van der Waals surface area (Å²) in [5.74, 6) is -0.115. The van der Waals surface area contributed by atoms with Crippen molar-refractivity contribution in [2.75, 3.05) is 19.3 Å². The summed E-state index contributed by atoms with van der Waals surface area (Å²) in [5.41, 5.74) is 6.99. The van der Waals surface area contributed by atoms with Gasteiger partial charge >= 0.3 is 0 Å². The van der Waals surface area contributed by atoms with Gasteiger partial charge in [-0.2, -0.15) is 5.26 Å². The molecule has 2 aliphatic carbocycles. The fraction of sp³-hybridized carbons (Fsp3) is 0.750. The minimum Gasteiger partial charge on any atom is -0.392 e. The first-order chi connectivity index (χ1) is 12.7. The molecule has 2 aliphatic rings. The lowest BCUT2D eigenvalue weighted by atomic mass is 9.53. The average Bonchev–Trinajstić information content (AvgIpc) is 2.98. The molecule has 1 amide bonds. The monoisotopic (exact) mass is 390 g/mol. The van der Waals surface area contributed by atoms with E-state index in [0.717, 1.165) is 25.0 Å². The van der Waals surface area contributed by atoms with Crippen LogP contribution in [0.4, 0.5) is 5.13 Å². The minimum absolute atomic E-state index is 0.0107. The van der Waals surface area contributed by atoms with Gasteiger partial charge in [0.05, 0.1) is 24.3 Å². The Morgan fingerprint density at radius 1 is 1.59 bits per heavy atom. The number of nitriles is 1. The van der Waals surface area contributed by atoms with Gasteiger partial charge in [-0.15, -0.1) is 11.3 Å². The zero-order valence-corrected chi connectivity index (χ0v) is 17.4. The molecular weight excluding hydrogens is 360 g/mol. The molecule has 1 heterocycles. The van der Waals surface area contributed by atoms with Crippen molar-refractivity contribution in [3.63, 3.8) is 0 Å². The molecule has 1 fully saturated rings. The van der Waals surface area contributed by atoms with Crippen LogP contribution in [0.15, 0.2) is 0 Å². The zero-order valence-electron chi connectivity index (χ0n) is 16.6. The van der Waals surface area contributed by atoms with Gasteiger partial charge in [-0.25, -0.2) is 4.98 Å². The van der Waals surface area contributed by atoms with E-state index in [1.54, 1.807) is 23.3 Å². The van der Waals surface area contributed by atoms with Crippen LogP contribution in [0.2, 0.25) is 0 Å². The summed E-state index contributed by atoms with van der Waals surface area (Å²) in [4.78, 5) is 20.2. The number of hydrogen-bond donors (Lipinski definition) is 2. The van der Waals surface area contributed by atoms with Crippen LogP contribution in [-0.4, -0.2) is 40.6 Å². The first kappa shape index (κ1) is 20.1. The normalized spacial score (nSPS) is 33.5. The number of amides is 1. The summed E-state index contributed by atoms with van der Waals surface area (Å²) in [6.45, 7) is 6.75. The highest BCUT2D eigenvalue weighted by atomic mass is 32.1. The second-order valence-corrected chi connectivity index (χ2v) is 9.77. The van der Waals surface area contributed by atoms with Crippen LogP contribution in [0.1, 0.15) is 56.5 Å². The van der Waals surface area contributed by atoms with Crippen LogP contribution < -0.4 is 5.73 Å². The van der Waals surface area contributed by atoms with Gasteiger partial charge in [0.2, 0.25) is 5.91 Å². The Morgan fingerprint density at radius 3 is 2.96 bits per heavy atom. The molecule has 6 atom stereocenters. The Balaban J connectivity index is 1.81. The Hall–Kier alpha value is -1.65. The van der Waals surface area contributed by atoms with Crippen molar-refractivity contribution in [2.45, 2.75) is 58.5 Å². The number of hydrogen-bond acceptors (Lipinski definition) is 6. The predicted octanol–water partition coefficient (Wildman–Crippen LogP) is 2.79. The molecule has 0 bridgehead atoms. The van der Waals surface area contributed by atoms with Gasteiger partial charge < -0.3 is 15.7 Å². The van der Waals surface area contributed by atoms with Crippen molar-refractivity contribution in [1.82, 2.24) is 9.88 Å². The zero-order chi connectivity index (χ0) is 19.9. The van der Waals surface area contributed by atoms with Crippen molar-refractivity contribution in [1.29, 1.82) is 5.26 Å². The number of aliphatic hydroxyl groups is 1. The first-order valence-electron chi connectivity index (χ1n) is 9.74. The number of carbonyl (C=O) groups excluding carboxylic acids is 1. The molecule has 3 rings (SSSR count). The maximum absolute atomic E-state index is 12.8. The van der Waals surface area contributed by atoms with Crippen molar-refractivity contribution in [3.8, 4) is 6.07 Å². The first-order valence-corrected chi connectivity index (χ1v) is 10.6. The summed E-state index contributed by atoms with van der Waals surface area (Å²) < 4.78 is 0. The van der Waals surface area contributed by atoms with Gasteiger partial charge in [-0.05, 0) is 36.5 Å². The van der Waals surface area contributed by atoms with Gasteiger partial charge in [-0.1, -0.05) is 20.8 Å². The molecule has 0 aromatic carbocycles. The Labute approximate surface area is 165 Å². The Morgan fingerprint density at radius 2 is 2.30 bits per heavy atom. The van der Waals surface area contributed by atoms with Gasteiger partial charge in [0.25, 0.3) is 0 Å². The lowest BCUT2D eigenvalue weighted by molar-refractivity contribution is -0.143. The number of carbonyl (C=O) groups is 1. The number of fused-ring (bicyclic) bond motifs is 2. The van der Waals surface area contributed by atoms with E-state index in [-0.39, 0.29) is 35.0 Å². The number of nitrogens with two attached hydrogens (primary N) is 1. The lowest BCUT2D eigenvalue weighted by Gasteiger charge is -2.53. The van der Waals surface area contributed by atoms with Gasteiger partial charge in [0, 0.05) is 30.3 Å². The molecule has 0 spiro atoms. The number of aliphatic hydroxyl groups excluding tert-OH is 1. The molecule has 0 radical (unpaired) electrons. The highest BCUT2D eigenvalue weighted by Gasteiger charge is 2.53. The molecule has 0 unspecified atom stereocenters. The third-order valence-electron chi connectivity index (χ3n) is 6.91. The maximum Gasteiger partial charge on any atom is 0.225 e. The summed E-state index contributed by atoms with van der Waals surface area (Å²) in [6, 6.07) is 2.08. The van der Waals surface area contributed by atoms with Crippen molar-refractivity contribution >= 4 is 22.4 Å². The third-order valence-corrected chi connectivity index (χ3v) is 7.81. The highest BCUT2D eigenvalue weighted by Crippen LogP contribution is 2.57. The SMILES string of the molecule is C[C@H](C(=O)N(C)CCC#N)[C@@H]1CC[C@@]2(C)Cc3sc(N)nc3[C@@H](C)[C@@H]2[C@H]1O. The molecule has 0 aliphatic heterocycles. The summed E-state index contributed by atoms with van der Waals surface area (Å²) >= 11 is 1.57. The number of thiazole rings is 1. The molecule has 6 nitrogen and oxygen atoms in total. The number of anilines is 1. The predicted molar refractivity (Wildman–Crippen MR) is 106 cm³/mol. The summed E-state index contributed by atoms with van der Waals surface area (Å²) in [7, 11) is 1.74. The molecule has 1 aromatic heterocycles. The lowest BCUT2D eigenvalue weighted by Crippen LogP contribution is -2.53. The molecule has 27 heavy (non-hydrogen) atoms. The van der Waals surface area contributed by atoms with Crippen LogP contribution in [0, 0.1) is 34.5 Å². The highest BCUT2D eigenvalue weighted by molar-refractivity contribution is 7.15. The van der Waals surface area contributed by atoms with Crippen LogP contribution in [0.25, 0.3) is 0 Å². The summed E-state index contributed by atoms with van der Waals surface area (Å²) in [5, 5.41) is 20.7. The summed E-state index contributed by atoms with van der Waals surface area (Å²) in [6.07, 6.45) is 2.51.